The van der Waals surface area contributed by atoms with Gasteiger partial charge in [-0.05, 0) is 54.8 Å². The lowest BCUT2D eigenvalue weighted by atomic mass is 10.1. The minimum absolute atomic E-state index is 0.137. The number of nitrogens with one attached hydrogen (secondary N) is 1. The molecule has 2 aromatic carbocycles. The van der Waals surface area contributed by atoms with Crippen LogP contribution in [0.4, 0.5) is 5.82 Å². The molecule has 0 saturated carbocycles. The van der Waals surface area contributed by atoms with Crippen molar-refractivity contribution in [2.45, 2.75) is 26.4 Å². The summed E-state index contributed by atoms with van der Waals surface area (Å²) in [6, 6.07) is 15.4. The van der Waals surface area contributed by atoms with E-state index in [1.807, 2.05) is 37.4 Å². The van der Waals surface area contributed by atoms with Gasteiger partial charge in [-0.1, -0.05) is 29.8 Å². The lowest BCUT2D eigenvalue weighted by molar-refractivity contribution is 0.0950. The second-order valence-corrected chi connectivity index (χ2v) is 9.29. The Morgan fingerprint density at radius 3 is 2.67 bits per heavy atom. The maximum atomic E-state index is 12.8. The van der Waals surface area contributed by atoms with Crippen LogP contribution in [0.25, 0.3) is 0 Å². The van der Waals surface area contributed by atoms with Gasteiger partial charge in [0.15, 0.2) is 11.5 Å². The van der Waals surface area contributed by atoms with Gasteiger partial charge < -0.3 is 19.7 Å². The number of anilines is 1. The molecule has 7 nitrogen and oxygen atoms in total. The number of nitrogens with zero attached hydrogens (tertiary/aromatic N) is 3. The number of benzene rings is 2. The van der Waals surface area contributed by atoms with Gasteiger partial charge >= 0.3 is 0 Å². The number of hydrogen-bond acceptors (Lipinski definition) is 6. The van der Waals surface area contributed by atoms with E-state index in [0.717, 1.165) is 67.6 Å². The molecule has 1 aliphatic heterocycles. The molecule has 0 aliphatic carbocycles. The fourth-order valence-corrected chi connectivity index (χ4v) is 4.73. The SMILES string of the molecule is COc1ccc(CN2CCCN(c3ncccc3CNC(=O)c3cccc(Cl)c3C)CC2)cc1OC. The molecule has 0 atom stereocenters. The van der Waals surface area contributed by atoms with Gasteiger partial charge in [0.1, 0.15) is 5.82 Å². The van der Waals surface area contributed by atoms with E-state index in [0.29, 0.717) is 17.1 Å². The van der Waals surface area contributed by atoms with Crippen molar-refractivity contribution in [3.8, 4) is 11.5 Å². The number of rotatable bonds is 8. The number of amides is 1. The number of carbonyl (C=O) groups is 1. The zero-order chi connectivity index (χ0) is 25.5. The minimum atomic E-state index is -0.137. The molecule has 0 spiro atoms. The summed E-state index contributed by atoms with van der Waals surface area (Å²) in [7, 11) is 3.31. The van der Waals surface area contributed by atoms with Crippen molar-refractivity contribution in [1.29, 1.82) is 0 Å². The van der Waals surface area contributed by atoms with E-state index >= 15 is 0 Å². The first-order chi connectivity index (χ1) is 17.5. The molecule has 36 heavy (non-hydrogen) atoms. The zero-order valence-corrected chi connectivity index (χ0v) is 21.8. The highest BCUT2D eigenvalue weighted by Gasteiger charge is 2.20. The quantitative estimate of drug-likeness (QED) is 0.475. The average Bonchev–Trinajstić information content (AvgIpc) is 3.14. The van der Waals surface area contributed by atoms with Gasteiger partial charge in [-0.15, -0.1) is 0 Å². The van der Waals surface area contributed by atoms with Crippen molar-refractivity contribution in [3.05, 3.63) is 82.0 Å². The molecule has 1 saturated heterocycles. The van der Waals surface area contributed by atoms with Crippen molar-refractivity contribution >= 4 is 23.3 Å². The first kappa shape index (κ1) is 25.8. The molecule has 0 radical (unpaired) electrons. The predicted octanol–water partition coefficient (Wildman–Crippen LogP) is 4.70. The van der Waals surface area contributed by atoms with E-state index < -0.39 is 0 Å². The van der Waals surface area contributed by atoms with E-state index in [1.54, 1.807) is 32.4 Å². The number of halogens is 1. The summed E-state index contributed by atoms with van der Waals surface area (Å²) in [6.45, 7) is 6.79. The highest BCUT2D eigenvalue weighted by Crippen LogP contribution is 2.28. The van der Waals surface area contributed by atoms with Gasteiger partial charge in [-0.25, -0.2) is 4.98 Å². The number of hydrogen-bond donors (Lipinski definition) is 1. The highest BCUT2D eigenvalue weighted by atomic mass is 35.5. The summed E-state index contributed by atoms with van der Waals surface area (Å²) in [5.41, 5.74) is 3.57. The van der Waals surface area contributed by atoms with Crippen LogP contribution < -0.4 is 19.7 Å². The second-order valence-electron chi connectivity index (χ2n) is 8.89. The van der Waals surface area contributed by atoms with Gasteiger partial charge in [0.05, 0.1) is 14.2 Å². The fourth-order valence-electron chi connectivity index (χ4n) is 4.56. The third-order valence-corrected chi connectivity index (χ3v) is 6.97. The number of methoxy groups -OCH3 is 2. The normalized spacial score (nSPS) is 14.3. The third-order valence-electron chi connectivity index (χ3n) is 6.56. The van der Waals surface area contributed by atoms with Crippen molar-refractivity contribution in [1.82, 2.24) is 15.2 Å². The van der Waals surface area contributed by atoms with Crippen molar-refractivity contribution < 1.29 is 14.3 Å². The van der Waals surface area contributed by atoms with Gasteiger partial charge in [-0.3, -0.25) is 9.69 Å². The van der Waals surface area contributed by atoms with Crippen LogP contribution in [-0.2, 0) is 13.1 Å². The lowest BCUT2D eigenvalue weighted by Crippen LogP contribution is -2.32. The maximum Gasteiger partial charge on any atom is 0.251 e. The standard InChI is InChI=1S/C28H33ClN4O3/c1-20-23(8-4-9-24(20)29)28(34)31-18-22-7-5-12-30-27(22)33-14-6-13-32(15-16-33)19-21-10-11-25(35-2)26(17-21)36-3/h4-5,7-12,17H,6,13-16,18-19H2,1-3H3,(H,31,34). The van der Waals surface area contributed by atoms with Gasteiger partial charge in [-0.2, -0.15) is 0 Å². The third kappa shape index (κ3) is 6.09. The van der Waals surface area contributed by atoms with Crippen LogP contribution in [0.2, 0.25) is 5.02 Å². The Morgan fingerprint density at radius 2 is 1.86 bits per heavy atom. The van der Waals surface area contributed by atoms with Crippen molar-refractivity contribution in [2.75, 3.05) is 45.3 Å². The molecule has 0 bridgehead atoms. The predicted molar refractivity (Wildman–Crippen MR) is 143 cm³/mol. The number of pyridine rings is 1. The number of ether oxygens (including phenoxy) is 2. The van der Waals surface area contributed by atoms with Gasteiger partial charge in [0.25, 0.3) is 5.91 Å². The lowest BCUT2D eigenvalue weighted by Gasteiger charge is -2.25. The Morgan fingerprint density at radius 1 is 1.03 bits per heavy atom. The first-order valence-corrected chi connectivity index (χ1v) is 12.5. The molecule has 1 fully saturated rings. The van der Waals surface area contributed by atoms with Gasteiger partial charge in [0, 0.05) is 61.6 Å². The van der Waals surface area contributed by atoms with Crippen LogP contribution in [-0.4, -0.2) is 56.2 Å². The van der Waals surface area contributed by atoms with E-state index in [4.69, 9.17) is 21.1 Å². The fraction of sp³-hybridized carbons (Fsp3) is 0.357. The summed E-state index contributed by atoms with van der Waals surface area (Å²) in [5, 5.41) is 3.63. The van der Waals surface area contributed by atoms with Crippen LogP contribution in [0.3, 0.4) is 0 Å². The second kappa shape index (κ2) is 12.1. The topological polar surface area (TPSA) is 66.9 Å². The van der Waals surface area contributed by atoms with Crippen LogP contribution >= 0.6 is 11.6 Å². The first-order valence-electron chi connectivity index (χ1n) is 12.2. The van der Waals surface area contributed by atoms with Crippen LogP contribution in [0, 0.1) is 6.92 Å². The summed E-state index contributed by atoms with van der Waals surface area (Å²) < 4.78 is 10.8. The molecule has 1 amide bonds. The Bertz CT molecular complexity index is 1200. The number of aromatic nitrogens is 1. The Hall–Kier alpha value is -3.29. The van der Waals surface area contributed by atoms with E-state index in [-0.39, 0.29) is 5.91 Å². The zero-order valence-electron chi connectivity index (χ0n) is 21.1. The Balaban J connectivity index is 1.40. The Kier molecular flexibility index (Phi) is 8.67. The molecule has 3 aromatic rings. The molecule has 190 valence electrons. The molecule has 1 aromatic heterocycles. The summed E-state index contributed by atoms with van der Waals surface area (Å²) in [6.07, 6.45) is 2.84. The highest BCUT2D eigenvalue weighted by molar-refractivity contribution is 6.31. The van der Waals surface area contributed by atoms with E-state index in [2.05, 4.69) is 26.2 Å². The molecule has 1 aliphatic rings. The smallest absolute Gasteiger partial charge is 0.251 e. The monoisotopic (exact) mass is 508 g/mol. The molecule has 2 heterocycles. The van der Waals surface area contributed by atoms with Crippen LogP contribution in [0.15, 0.2) is 54.7 Å². The molecule has 4 rings (SSSR count). The van der Waals surface area contributed by atoms with E-state index in [1.165, 1.54) is 5.56 Å². The van der Waals surface area contributed by atoms with Crippen LogP contribution in [0.5, 0.6) is 11.5 Å². The molecular weight excluding hydrogens is 476 g/mol. The minimum Gasteiger partial charge on any atom is -0.493 e. The molecule has 0 unspecified atom stereocenters. The van der Waals surface area contributed by atoms with Crippen molar-refractivity contribution in [2.24, 2.45) is 0 Å². The number of carbonyl (C=O) groups excluding carboxylic acids is 1. The van der Waals surface area contributed by atoms with Crippen molar-refractivity contribution in [3.63, 3.8) is 0 Å². The summed E-state index contributed by atoms with van der Waals surface area (Å²) in [4.78, 5) is 22.3. The van der Waals surface area contributed by atoms with Gasteiger partial charge in [0.2, 0.25) is 0 Å². The molecule has 1 N–H and O–H groups in total. The van der Waals surface area contributed by atoms with Crippen LogP contribution in [0.1, 0.15) is 33.5 Å². The molecular formula is C28H33ClN4O3. The summed E-state index contributed by atoms with van der Waals surface area (Å²) in [5.74, 6) is 2.28. The van der Waals surface area contributed by atoms with E-state index in [9.17, 15) is 4.79 Å². The molecule has 8 heteroatoms. The average molecular weight is 509 g/mol. The maximum absolute atomic E-state index is 12.8. The Labute approximate surface area is 218 Å². The summed E-state index contributed by atoms with van der Waals surface area (Å²) >= 11 is 6.20. The largest absolute Gasteiger partial charge is 0.493 e.